The molecule has 4 aromatic heterocycles. The molecule has 4 heteroatoms. The summed E-state index contributed by atoms with van der Waals surface area (Å²) >= 11 is 0. The molecule has 4 heterocycles. The first-order chi connectivity index (χ1) is 49.6. The lowest BCUT2D eigenvalue weighted by molar-refractivity contribution is 1.18. The molecule has 0 radical (unpaired) electrons. The second-order valence-corrected chi connectivity index (χ2v) is 26.4. The van der Waals surface area contributed by atoms with Gasteiger partial charge in [0.15, 0.2) is 0 Å². The Labute approximate surface area is 577 Å². The monoisotopic (exact) mass is 1270 g/mol. The molecule has 0 fully saturated rings. The summed E-state index contributed by atoms with van der Waals surface area (Å²) in [6, 6.07) is 137. The normalized spacial score (nSPS) is 11.8. The molecule has 0 saturated carbocycles. The Bertz CT molecular complexity index is 6810. The van der Waals surface area contributed by atoms with Gasteiger partial charge in [-0.15, -0.1) is 0 Å². The van der Waals surface area contributed by atoms with Crippen molar-refractivity contribution >= 4 is 120 Å². The van der Waals surface area contributed by atoms with Crippen molar-refractivity contribution in [1.82, 2.24) is 18.3 Å². The van der Waals surface area contributed by atoms with Gasteiger partial charge in [-0.3, -0.25) is 0 Å². The summed E-state index contributed by atoms with van der Waals surface area (Å²) < 4.78 is 9.63. The Morgan fingerprint density at radius 3 is 0.900 bits per heavy atom. The van der Waals surface area contributed by atoms with Crippen molar-refractivity contribution in [1.29, 1.82) is 0 Å². The van der Waals surface area contributed by atoms with E-state index in [1.807, 2.05) is 0 Å². The number of hydrogen-bond acceptors (Lipinski definition) is 0. The maximum atomic E-state index is 2.43. The molecule has 21 aromatic rings. The number of fused-ring (bicyclic) bond motifs is 15. The Hall–Kier alpha value is -13.3. The summed E-state index contributed by atoms with van der Waals surface area (Å²) in [5.74, 6) is 0. The molecule has 4 nitrogen and oxygen atoms in total. The second kappa shape index (κ2) is 23.2. The topological polar surface area (TPSA) is 19.7 Å². The molecule has 17 aromatic carbocycles. The van der Waals surface area contributed by atoms with E-state index in [9.17, 15) is 0 Å². The first kappa shape index (κ1) is 57.0. The van der Waals surface area contributed by atoms with Crippen LogP contribution in [0.25, 0.3) is 187 Å². The van der Waals surface area contributed by atoms with Gasteiger partial charge in [0.2, 0.25) is 0 Å². The number of para-hydroxylation sites is 4. The average molecular weight is 1270 g/mol. The molecular weight excluding hydrogens is 1210 g/mol. The standard InChI is InChI=1S/C50H32N2.C46H30N2/c1-3-11-36-29-38(18-17-33(36)9-1)35-19-24-41(25-20-35)51-47-15-7-5-13-43(47)45-31-39(22-27-49(45)51)40-23-28-50-46(32-40)44-14-6-8-16-48(44)52(50)42-26-21-34-10-2-4-12-37(34)30-42;1-2-11-31(12-3-1)32-21-25-36(26-22-32)47-43-18-8-6-16-38(43)40-29-34(23-27-45(40)47)35-24-28-46-41(30-35)39-17-7-9-19-44(39)48(46)42-20-10-14-33-13-4-5-15-37(33)42/h1-32H;1-30H. The molecule has 0 bridgehead atoms. The Kier molecular flexibility index (Phi) is 13.2. The fourth-order valence-corrected chi connectivity index (χ4v) is 16.0. The van der Waals surface area contributed by atoms with Gasteiger partial charge in [-0.2, -0.15) is 0 Å². The van der Waals surface area contributed by atoms with Crippen LogP contribution in [-0.4, -0.2) is 18.3 Å². The molecule has 100 heavy (non-hydrogen) atoms. The van der Waals surface area contributed by atoms with Crippen LogP contribution in [0.4, 0.5) is 0 Å². The van der Waals surface area contributed by atoms with Crippen molar-refractivity contribution in [3.63, 3.8) is 0 Å². The van der Waals surface area contributed by atoms with E-state index in [2.05, 4.69) is 394 Å². The van der Waals surface area contributed by atoms with Crippen molar-refractivity contribution < 1.29 is 0 Å². The third-order valence-corrected chi connectivity index (χ3v) is 20.8. The van der Waals surface area contributed by atoms with E-state index < -0.39 is 0 Å². The maximum Gasteiger partial charge on any atom is 0.0541 e. The van der Waals surface area contributed by atoms with Crippen LogP contribution < -0.4 is 0 Å². The van der Waals surface area contributed by atoms with E-state index in [-0.39, 0.29) is 0 Å². The quantitative estimate of drug-likeness (QED) is 0.144. The van der Waals surface area contributed by atoms with Crippen molar-refractivity contribution in [2.24, 2.45) is 0 Å². The molecule has 0 aliphatic rings. The Morgan fingerprint density at radius 2 is 0.420 bits per heavy atom. The first-order valence-corrected chi connectivity index (χ1v) is 34.5. The largest absolute Gasteiger partial charge is 0.309 e. The van der Waals surface area contributed by atoms with Gasteiger partial charge in [0, 0.05) is 65.5 Å². The van der Waals surface area contributed by atoms with Gasteiger partial charge in [-0.05, 0) is 193 Å². The predicted octanol–water partition coefficient (Wildman–Crippen LogP) is 25.9. The molecule has 0 N–H and O–H groups in total. The molecule has 466 valence electrons. The number of benzene rings is 17. The average Bonchev–Trinajstić information content (AvgIpc) is 1.60. The highest BCUT2D eigenvalue weighted by molar-refractivity contribution is 6.15. The third-order valence-electron chi connectivity index (χ3n) is 20.8. The van der Waals surface area contributed by atoms with Gasteiger partial charge >= 0.3 is 0 Å². The van der Waals surface area contributed by atoms with Crippen molar-refractivity contribution in [2.45, 2.75) is 0 Å². The van der Waals surface area contributed by atoms with Gasteiger partial charge in [0.05, 0.1) is 49.8 Å². The van der Waals surface area contributed by atoms with E-state index in [0.717, 1.165) is 11.4 Å². The molecule has 0 aliphatic carbocycles. The van der Waals surface area contributed by atoms with E-state index >= 15 is 0 Å². The molecule has 21 rings (SSSR count). The summed E-state index contributed by atoms with van der Waals surface area (Å²) in [7, 11) is 0. The van der Waals surface area contributed by atoms with Crippen LogP contribution in [0, 0.1) is 0 Å². The van der Waals surface area contributed by atoms with E-state index in [4.69, 9.17) is 0 Å². The number of rotatable bonds is 8. The lowest BCUT2D eigenvalue weighted by atomic mass is 10.0. The zero-order valence-electron chi connectivity index (χ0n) is 54.6. The summed E-state index contributed by atoms with van der Waals surface area (Å²) in [5.41, 5.74) is 24.2. The first-order valence-electron chi connectivity index (χ1n) is 34.5. The molecule has 0 unspecified atom stereocenters. The van der Waals surface area contributed by atoms with E-state index in [1.54, 1.807) is 0 Å². The van der Waals surface area contributed by atoms with Gasteiger partial charge < -0.3 is 18.3 Å². The van der Waals surface area contributed by atoms with Crippen molar-refractivity contribution in [3.8, 4) is 67.3 Å². The number of hydrogen-bond donors (Lipinski definition) is 0. The lowest BCUT2D eigenvalue weighted by Crippen LogP contribution is -1.95. The van der Waals surface area contributed by atoms with Crippen LogP contribution in [0.1, 0.15) is 0 Å². The SMILES string of the molecule is c1ccc(-c2ccc(-n3c4ccccc4c4cc(-c5ccc6c(c5)c5ccccc5n6-c5cccc6ccccc56)ccc43)cc2)cc1.c1ccc2cc(-c3ccc(-n4c5ccccc5c5cc(-c6ccc7c(c6)c6ccccc6n7-c6ccc7ccccc7c6)ccc54)cc3)ccc2c1. The Balaban J connectivity index is 0.000000135. The zero-order valence-corrected chi connectivity index (χ0v) is 54.6. The van der Waals surface area contributed by atoms with Gasteiger partial charge in [0.1, 0.15) is 0 Å². The Morgan fingerprint density at radius 1 is 0.130 bits per heavy atom. The smallest absolute Gasteiger partial charge is 0.0541 e. The maximum absolute atomic E-state index is 2.43. The summed E-state index contributed by atoms with van der Waals surface area (Å²) in [5, 5.41) is 17.6. The van der Waals surface area contributed by atoms with Gasteiger partial charge in [-0.1, -0.05) is 255 Å². The highest BCUT2D eigenvalue weighted by Gasteiger charge is 2.20. The fourth-order valence-electron chi connectivity index (χ4n) is 16.0. The van der Waals surface area contributed by atoms with Gasteiger partial charge in [0.25, 0.3) is 0 Å². The molecule has 0 spiro atoms. The molecule has 0 amide bonds. The summed E-state index contributed by atoms with van der Waals surface area (Å²) in [6.07, 6.45) is 0. The van der Waals surface area contributed by atoms with E-state index in [1.165, 1.54) is 175 Å². The molecule has 0 atom stereocenters. The summed E-state index contributed by atoms with van der Waals surface area (Å²) in [4.78, 5) is 0. The van der Waals surface area contributed by atoms with E-state index in [0.29, 0.717) is 0 Å². The third kappa shape index (κ3) is 9.37. The highest BCUT2D eigenvalue weighted by atomic mass is 15.0. The van der Waals surface area contributed by atoms with Crippen LogP contribution in [0.5, 0.6) is 0 Å². The second-order valence-electron chi connectivity index (χ2n) is 26.4. The zero-order chi connectivity index (χ0) is 65.8. The van der Waals surface area contributed by atoms with Crippen LogP contribution in [0.15, 0.2) is 376 Å². The minimum atomic E-state index is 1.16. The minimum absolute atomic E-state index is 1.16. The molecular formula is C96H62N4. The lowest BCUT2D eigenvalue weighted by Gasteiger charge is -2.12. The molecule has 0 saturated heterocycles. The summed E-state index contributed by atoms with van der Waals surface area (Å²) in [6.45, 7) is 0. The van der Waals surface area contributed by atoms with Crippen LogP contribution in [0.2, 0.25) is 0 Å². The van der Waals surface area contributed by atoms with Crippen molar-refractivity contribution in [3.05, 3.63) is 376 Å². The van der Waals surface area contributed by atoms with Crippen LogP contribution in [0.3, 0.4) is 0 Å². The number of nitrogens with zero attached hydrogens (tertiary/aromatic N) is 4. The molecule has 0 aliphatic heterocycles. The predicted molar refractivity (Wildman–Crippen MR) is 425 cm³/mol. The van der Waals surface area contributed by atoms with Gasteiger partial charge in [-0.25, -0.2) is 0 Å². The fraction of sp³-hybridized carbons (Fsp3) is 0. The highest BCUT2D eigenvalue weighted by Crippen LogP contribution is 2.43. The van der Waals surface area contributed by atoms with Crippen molar-refractivity contribution in [2.75, 3.05) is 0 Å². The number of aromatic nitrogens is 4. The van der Waals surface area contributed by atoms with Crippen LogP contribution >= 0.6 is 0 Å². The minimum Gasteiger partial charge on any atom is -0.309 e. The van der Waals surface area contributed by atoms with Crippen LogP contribution in [-0.2, 0) is 0 Å².